The maximum absolute atomic E-state index is 12.0. The summed E-state index contributed by atoms with van der Waals surface area (Å²) in [7, 11) is 0. The van der Waals surface area contributed by atoms with E-state index in [0.717, 1.165) is 5.56 Å². The third-order valence-electron chi connectivity index (χ3n) is 2.37. The maximum Gasteiger partial charge on any atom is 0.256 e. The van der Waals surface area contributed by atoms with Crippen molar-refractivity contribution in [2.45, 2.75) is 6.92 Å². The fraction of sp³-hybridized carbons (Fsp3) is 0.0769. The molecule has 0 aliphatic heterocycles. The molecule has 90 valence electrons. The van der Waals surface area contributed by atoms with Crippen molar-refractivity contribution in [2.24, 2.45) is 0 Å². The van der Waals surface area contributed by atoms with Gasteiger partial charge < -0.3 is 11.1 Å². The molecule has 0 atom stereocenters. The number of amides is 1. The normalized spacial score (nSPS) is 9.78. The molecule has 0 bridgehead atoms. The van der Waals surface area contributed by atoms with Crippen LogP contribution in [0, 0.1) is 18.3 Å². The molecule has 0 saturated heterocycles. The highest BCUT2D eigenvalue weighted by Gasteiger charge is 2.11. The molecule has 0 unspecified atom stereocenters. The van der Waals surface area contributed by atoms with E-state index < -0.39 is 0 Å². The molecule has 0 aliphatic carbocycles. The van der Waals surface area contributed by atoms with Gasteiger partial charge in [-0.3, -0.25) is 4.79 Å². The van der Waals surface area contributed by atoms with Crippen molar-refractivity contribution in [3.05, 3.63) is 46.3 Å². The Morgan fingerprint density at radius 1 is 1.44 bits per heavy atom. The number of hydrogen-bond donors (Lipinski definition) is 2. The van der Waals surface area contributed by atoms with Crippen LogP contribution in [-0.2, 0) is 0 Å². The summed E-state index contributed by atoms with van der Waals surface area (Å²) in [5.74, 6) is -0.260. The number of benzene rings is 1. The van der Waals surface area contributed by atoms with E-state index in [4.69, 9.17) is 11.0 Å². The second-order valence-electron chi connectivity index (χ2n) is 3.86. The lowest BCUT2D eigenvalue weighted by atomic mass is 10.1. The van der Waals surface area contributed by atoms with Crippen LogP contribution in [0.3, 0.4) is 0 Å². The Balaban J connectivity index is 2.25. The van der Waals surface area contributed by atoms with E-state index in [0.29, 0.717) is 21.8 Å². The Morgan fingerprint density at radius 3 is 2.89 bits per heavy atom. The summed E-state index contributed by atoms with van der Waals surface area (Å²) in [4.78, 5) is 12.0. The molecule has 4 nitrogen and oxygen atoms in total. The minimum absolute atomic E-state index is 0.260. The van der Waals surface area contributed by atoms with E-state index >= 15 is 0 Å². The minimum atomic E-state index is -0.260. The Morgan fingerprint density at radius 2 is 2.22 bits per heavy atom. The first-order chi connectivity index (χ1) is 8.60. The van der Waals surface area contributed by atoms with Gasteiger partial charge in [0.05, 0.1) is 5.56 Å². The molecule has 1 heterocycles. The Kier molecular flexibility index (Phi) is 3.31. The smallest absolute Gasteiger partial charge is 0.256 e. The predicted octanol–water partition coefficient (Wildman–Crippen LogP) is 2.76. The first-order valence-corrected chi connectivity index (χ1v) is 6.14. The van der Waals surface area contributed by atoms with Gasteiger partial charge in [-0.1, -0.05) is 0 Å². The number of carbonyl (C=O) groups is 1. The molecule has 18 heavy (non-hydrogen) atoms. The van der Waals surface area contributed by atoms with E-state index in [1.807, 2.05) is 13.0 Å². The van der Waals surface area contributed by atoms with Gasteiger partial charge in [-0.2, -0.15) is 5.26 Å². The molecule has 1 aromatic carbocycles. The number of thiophene rings is 1. The van der Waals surface area contributed by atoms with Gasteiger partial charge in [-0.25, -0.2) is 0 Å². The SMILES string of the molecule is Cc1cc(N)cc(C(=O)Nc2sccc2C#N)c1. The minimum Gasteiger partial charge on any atom is -0.399 e. The van der Waals surface area contributed by atoms with Crippen LogP contribution in [0.4, 0.5) is 10.7 Å². The van der Waals surface area contributed by atoms with Crippen LogP contribution in [0.1, 0.15) is 21.5 Å². The largest absolute Gasteiger partial charge is 0.399 e. The van der Waals surface area contributed by atoms with Crippen LogP contribution >= 0.6 is 11.3 Å². The van der Waals surface area contributed by atoms with Crippen molar-refractivity contribution in [3.63, 3.8) is 0 Å². The maximum atomic E-state index is 12.0. The summed E-state index contributed by atoms with van der Waals surface area (Å²) in [6.07, 6.45) is 0. The molecule has 1 aromatic heterocycles. The highest BCUT2D eigenvalue weighted by Crippen LogP contribution is 2.23. The van der Waals surface area contributed by atoms with Gasteiger partial charge in [0.1, 0.15) is 11.1 Å². The molecule has 2 aromatic rings. The number of rotatable bonds is 2. The van der Waals surface area contributed by atoms with Crippen molar-refractivity contribution in [1.82, 2.24) is 0 Å². The van der Waals surface area contributed by atoms with Crippen LogP contribution in [0.25, 0.3) is 0 Å². The summed E-state index contributed by atoms with van der Waals surface area (Å²) in [5, 5.41) is 13.9. The fourth-order valence-corrected chi connectivity index (χ4v) is 2.35. The van der Waals surface area contributed by atoms with E-state index in [9.17, 15) is 4.79 Å². The van der Waals surface area contributed by atoms with Crippen molar-refractivity contribution >= 4 is 27.9 Å². The second-order valence-corrected chi connectivity index (χ2v) is 4.78. The van der Waals surface area contributed by atoms with Gasteiger partial charge >= 0.3 is 0 Å². The van der Waals surface area contributed by atoms with E-state index in [2.05, 4.69) is 5.32 Å². The second kappa shape index (κ2) is 4.90. The van der Waals surface area contributed by atoms with Gasteiger partial charge in [0.15, 0.2) is 0 Å². The number of nitrogens with two attached hydrogens (primary N) is 1. The van der Waals surface area contributed by atoms with Gasteiger partial charge in [0.25, 0.3) is 5.91 Å². The molecule has 0 saturated carbocycles. The Hall–Kier alpha value is -2.32. The average molecular weight is 257 g/mol. The quantitative estimate of drug-likeness (QED) is 0.812. The van der Waals surface area contributed by atoms with Crippen LogP contribution in [0.5, 0.6) is 0 Å². The Bertz CT molecular complexity index is 620. The molecule has 2 rings (SSSR count). The predicted molar refractivity (Wildman–Crippen MR) is 72.6 cm³/mol. The summed E-state index contributed by atoms with van der Waals surface area (Å²) in [5.41, 5.74) is 8.13. The Labute approximate surface area is 109 Å². The zero-order valence-electron chi connectivity index (χ0n) is 9.73. The van der Waals surface area contributed by atoms with E-state index in [-0.39, 0.29) is 5.91 Å². The van der Waals surface area contributed by atoms with Crippen LogP contribution < -0.4 is 11.1 Å². The van der Waals surface area contributed by atoms with Gasteiger partial charge in [-0.05, 0) is 42.1 Å². The highest BCUT2D eigenvalue weighted by atomic mass is 32.1. The number of aryl methyl sites for hydroxylation is 1. The fourth-order valence-electron chi connectivity index (χ4n) is 1.61. The number of nitrogen functional groups attached to an aromatic ring is 1. The molecule has 3 N–H and O–H groups in total. The molecular formula is C13H11N3OS. The highest BCUT2D eigenvalue weighted by molar-refractivity contribution is 7.14. The summed E-state index contributed by atoms with van der Waals surface area (Å²) >= 11 is 1.32. The first kappa shape index (κ1) is 12.1. The van der Waals surface area contributed by atoms with Crippen LogP contribution in [0.15, 0.2) is 29.6 Å². The van der Waals surface area contributed by atoms with Crippen LogP contribution in [0.2, 0.25) is 0 Å². The van der Waals surface area contributed by atoms with Gasteiger partial charge in [0.2, 0.25) is 0 Å². The summed E-state index contributed by atoms with van der Waals surface area (Å²) < 4.78 is 0. The summed E-state index contributed by atoms with van der Waals surface area (Å²) in [6, 6.07) is 8.86. The van der Waals surface area contributed by atoms with Crippen molar-refractivity contribution in [1.29, 1.82) is 5.26 Å². The lowest BCUT2D eigenvalue weighted by Crippen LogP contribution is -2.12. The topological polar surface area (TPSA) is 78.9 Å². The number of nitrogens with one attached hydrogen (secondary N) is 1. The zero-order chi connectivity index (χ0) is 13.1. The van der Waals surface area contributed by atoms with Crippen molar-refractivity contribution < 1.29 is 4.79 Å². The summed E-state index contributed by atoms with van der Waals surface area (Å²) in [6.45, 7) is 1.87. The lowest BCUT2D eigenvalue weighted by Gasteiger charge is -2.05. The number of carbonyl (C=O) groups excluding carboxylic acids is 1. The third kappa shape index (κ3) is 2.50. The van der Waals surface area contributed by atoms with Crippen LogP contribution in [-0.4, -0.2) is 5.91 Å². The van der Waals surface area contributed by atoms with Gasteiger partial charge in [-0.15, -0.1) is 11.3 Å². The van der Waals surface area contributed by atoms with Crippen molar-refractivity contribution in [2.75, 3.05) is 11.1 Å². The molecule has 0 aliphatic rings. The van der Waals surface area contributed by atoms with Crippen molar-refractivity contribution in [3.8, 4) is 6.07 Å². The average Bonchev–Trinajstić information content (AvgIpc) is 2.75. The lowest BCUT2D eigenvalue weighted by molar-refractivity contribution is 0.102. The van der Waals surface area contributed by atoms with Gasteiger partial charge in [0, 0.05) is 11.3 Å². The van der Waals surface area contributed by atoms with E-state index in [1.54, 1.807) is 29.6 Å². The first-order valence-electron chi connectivity index (χ1n) is 5.26. The number of nitriles is 1. The molecule has 1 amide bonds. The molecule has 0 spiro atoms. The number of nitrogens with zero attached hydrogens (tertiary/aromatic N) is 1. The standard InChI is InChI=1S/C13H11N3OS/c1-8-4-10(6-11(15)5-8)12(17)16-13-9(7-14)2-3-18-13/h2-6H,15H2,1H3,(H,16,17). The number of hydrogen-bond acceptors (Lipinski definition) is 4. The molecule has 0 radical (unpaired) electrons. The molecular weight excluding hydrogens is 246 g/mol. The molecule has 0 fully saturated rings. The third-order valence-corrected chi connectivity index (χ3v) is 3.20. The monoisotopic (exact) mass is 257 g/mol. The zero-order valence-corrected chi connectivity index (χ0v) is 10.5. The molecule has 5 heteroatoms. The number of anilines is 2. The van der Waals surface area contributed by atoms with E-state index in [1.165, 1.54) is 11.3 Å².